The van der Waals surface area contributed by atoms with Crippen LogP contribution in [0, 0.1) is 30.1 Å². The third-order valence-electron chi connectivity index (χ3n) is 6.61. The van der Waals surface area contributed by atoms with Crippen molar-refractivity contribution >= 4 is 28.4 Å². The lowest BCUT2D eigenvalue weighted by atomic mass is 9.91. The molecule has 0 bridgehead atoms. The smallest absolute Gasteiger partial charge is 0.273 e. The van der Waals surface area contributed by atoms with E-state index in [0.717, 1.165) is 17.4 Å². The lowest BCUT2D eigenvalue weighted by Gasteiger charge is -2.19. The Hall–Kier alpha value is -2.60. The zero-order valence-electron chi connectivity index (χ0n) is 23.2. The summed E-state index contributed by atoms with van der Waals surface area (Å²) in [6.07, 6.45) is 4.12. The van der Waals surface area contributed by atoms with Crippen molar-refractivity contribution < 1.29 is 18.4 Å². The first-order chi connectivity index (χ1) is 18.0. The first-order valence-corrected chi connectivity index (χ1v) is 13.5. The average Bonchev–Trinajstić information content (AvgIpc) is 3.45. The minimum atomic E-state index is -4.47. The first kappa shape index (κ1) is 33.4. The zero-order valence-corrected chi connectivity index (χ0v) is 23.9. The van der Waals surface area contributed by atoms with Crippen LogP contribution in [0.1, 0.15) is 83.5 Å². The van der Waals surface area contributed by atoms with Gasteiger partial charge in [0.25, 0.3) is 0 Å². The topological polar surface area (TPSA) is 72.2 Å². The molecule has 0 aliphatic heterocycles. The van der Waals surface area contributed by atoms with Gasteiger partial charge in [0.1, 0.15) is 18.3 Å². The molecule has 1 aromatic heterocycles. The molecular formula is C29H40ClF3N4O. The summed E-state index contributed by atoms with van der Waals surface area (Å²) < 4.78 is 36.6. The average molecular weight is 553 g/mol. The van der Waals surface area contributed by atoms with Gasteiger partial charge in [0, 0.05) is 5.02 Å². The van der Waals surface area contributed by atoms with Gasteiger partial charge in [-0.25, -0.2) is 5.43 Å². The second-order valence-electron chi connectivity index (χ2n) is 9.16. The van der Waals surface area contributed by atoms with E-state index in [0.29, 0.717) is 27.4 Å². The number of alkyl halides is 3. The quantitative estimate of drug-likeness (QED) is 0.265. The van der Waals surface area contributed by atoms with Gasteiger partial charge in [-0.1, -0.05) is 77.5 Å². The number of benzene rings is 1. The van der Waals surface area contributed by atoms with Crippen molar-refractivity contribution in [2.24, 2.45) is 11.8 Å². The number of hydrogen-bond acceptors (Lipinski definition) is 5. The fourth-order valence-electron chi connectivity index (χ4n) is 4.19. The van der Waals surface area contributed by atoms with E-state index in [1.165, 1.54) is 50.4 Å². The Morgan fingerprint density at radius 3 is 2.37 bits per heavy atom. The summed E-state index contributed by atoms with van der Waals surface area (Å²) in [6.45, 7) is 10.9. The Kier molecular flexibility index (Phi) is 14.4. The second-order valence-corrected chi connectivity index (χ2v) is 9.60. The molecule has 0 radical (unpaired) electrons. The number of aryl methyl sites for hydroxylation is 1. The highest BCUT2D eigenvalue weighted by Crippen LogP contribution is 2.32. The Morgan fingerprint density at radius 2 is 1.87 bits per heavy atom. The number of rotatable bonds is 7. The maximum atomic E-state index is 12.2. The number of halogens is 4. The molecule has 1 fully saturated rings. The van der Waals surface area contributed by atoms with Crippen LogP contribution in [0.25, 0.3) is 11.1 Å². The van der Waals surface area contributed by atoms with E-state index in [-0.39, 0.29) is 10.9 Å². The number of allylic oxidation sites excluding steroid dienone is 2. The van der Waals surface area contributed by atoms with Gasteiger partial charge in [-0.3, -0.25) is 10.2 Å². The predicted molar refractivity (Wildman–Crippen MR) is 150 cm³/mol. The summed E-state index contributed by atoms with van der Waals surface area (Å²) in [5.41, 5.74) is 4.76. The van der Waals surface area contributed by atoms with Gasteiger partial charge < -0.3 is 0 Å². The zero-order chi connectivity index (χ0) is 28.9. The molecule has 38 heavy (non-hydrogen) atoms. The molecule has 1 heterocycles. The molecule has 0 spiro atoms. The molecule has 3 rings (SSSR count). The van der Waals surface area contributed by atoms with Crippen molar-refractivity contribution in [3.8, 4) is 6.07 Å². The van der Waals surface area contributed by atoms with Crippen molar-refractivity contribution in [1.82, 2.24) is 10.4 Å². The molecule has 5 nitrogen and oxygen atoms in total. The third kappa shape index (κ3) is 10.6. The number of pyridine rings is 1. The molecular weight excluding hydrogens is 513 g/mol. The van der Waals surface area contributed by atoms with E-state index in [9.17, 15) is 23.6 Å². The van der Waals surface area contributed by atoms with Gasteiger partial charge in [-0.05, 0) is 66.6 Å². The number of nitriles is 1. The molecule has 2 aromatic rings. The van der Waals surface area contributed by atoms with Crippen LogP contribution in [0.5, 0.6) is 0 Å². The first-order valence-electron chi connectivity index (χ1n) is 13.1. The van der Waals surface area contributed by atoms with E-state index >= 15 is 0 Å². The maximum Gasteiger partial charge on any atom is 0.402 e. The Balaban J connectivity index is 0.000000548. The van der Waals surface area contributed by atoms with E-state index in [1.54, 1.807) is 30.5 Å². The van der Waals surface area contributed by atoms with Crippen molar-refractivity contribution in [2.45, 2.75) is 79.8 Å². The highest BCUT2D eigenvalue weighted by atomic mass is 35.5. The van der Waals surface area contributed by atoms with Crippen LogP contribution in [0.2, 0.25) is 5.02 Å². The molecule has 0 amide bonds. The van der Waals surface area contributed by atoms with E-state index < -0.39 is 12.7 Å². The molecule has 1 aromatic carbocycles. The molecule has 1 aliphatic rings. The highest BCUT2D eigenvalue weighted by Gasteiger charge is 2.27. The molecule has 2 N–H and O–H groups in total. The largest absolute Gasteiger partial charge is 0.402 e. The molecule has 210 valence electrons. The van der Waals surface area contributed by atoms with Crippen LogP contribution in [-0.2, 0) is 0 Å². The number of hydrazine groups is 1. The van der Waals surface area contributed by atoms with Crippen LogP contribution in [0.4, 0.5) is 18.9 Å². The fourth-order valence-corrected chi connectivity index (χ4v) is 4.36. The Bertz CT molecular complexity index is 1060. The maximum absolute atomic E-state index is 12.2. The number of nitrogens with one attached hydrogen (secondary N) is 1. The van der Waals surface area contributed by atoms with Gasteiger partial charge in [0.15, 0.2) is 0 Å². The van der Waals surface area contributed by atoms with Crippen molar-refractivity contribution in [3.63, 3.8) is 0 Å². The lowest BCUT2D eigenvalue weighted by Crippen LogP contribution is -2.41. The number of aromatic nitrogens is 1. The molecule has 1 atom stereocenters. The van der Waals surface area contributed by atoms with Gasteiger partial charge in [0.2, 0.25) is 0 Å². The van der Waals surface area contributed by atoms with E-state index in [4.69, 9.17) is 11.6 Å². The summed E-state index contributed by atoms with van der Waals surface area (Å²) >= 11 is 6.02. The van der Waals surface area contributed by atoms with E-state index in [2.05, 4.69) is 24.9 Å². The van der Waals surface area contributed by atoms with Crippen molar-refractivity contribution in [3.05, 3.63) is 58.4 Å². The van der Waals surface area contributed by atoms with Crippen LogP contribution in [0.15, 0.2) is 36.5 Å². The molecule has 0 saturated heterocycles. The summed E-state index contributed by atoms with van der Waals surface area (Å²) in [4.78, 5) is 4.13. The fraction of sp³-hybridized carbons (Fsp3) is 0.517. The monoisotopic (exact) mass is 552 g/mol. The summed E-state index contributed by atoms with van der Waals surface area (Å²) in [5.74, 6) is 2.07. The minimum absolute atomic E-state index is 0.0215. The van der Waals surface area contributed by atoms with Gasteiger partial charge >= 0.3 is 6.18 Å². The van der Waals surface area contributed by atoms with Gasteiger partial charge in [0.05, 0.1) is 17.5 Å². The van der Waals surface area contributed by atoms with E-state index in [1.807, 2.05) is 20.8 Å². The minimum Gasteiger partial charge on any atom is -0.273 e. The molecule has 9 heteroatoms. The number of hydrogen-bond donors (Lipinski definition) is 2. The van der Waals surface area contributed by atoms with Crippen LogP contribution in [0.3, 0.4) is 0 Å². The standard InChI is InChI=1S/C18H16ClF3N4O.C9H18.C2H6/c1-11-3-4-13(19)7-15(11)16(8-23)12(2)17-6-5-14(9-24-17)26(27)25-10-18(20,21)22;1-3-8(2)9-6-4-5-7-9;1-2/h3-7,9,25,27H,10H2,1-2H3;8-9H,3-7H2,1-2H3;1-2H3/b16-12+;;. The normalized spacial score (nSPS) is 14.8. The number of nitrogens with zero attached hydrogens (tertiary/aromatic N) is 3. The van der Waals surface area contributed by atoms with Crippen LogP contribution >= 0.6 is 11.6 Å². The molecule has 1 saturated carbocycles. The molecule has 1 unspecified atom stereocenters. The van der Waals surface area contributed by atoms with Crippen LogP contribution in [-0.4, -0.2) is 22.9 Å². The van der Waals surface area contributed by atoms with Gasteiger partial charge in [-0.2, -0.15) is 23.6 Å². The lowest BCUT2D eigenvalue weighted by molar-refractivity contribution is -0.128. The SMILES string of the molecule is C/C(=C(/C#N)c1cc(Cl)ccc1C)c1ccc(N(O)NCC(F)(F)F)cn1.CC.CCC(C)C1CCCC1. The predicted octanol–water partition coefficient (Wildman–Crippen LogP) is 9.01. The van der Waals surface area contributed by atoms with Crippen molar-refractivity contribution in [1.29, 1.82) is 5.26 Å². The second kappa shape index (κ2) is 16.4. The highest BCUT2D eigenvalue weighted by molar-refractivity contribution is 6.30. The Labute approximate surface area is 230 Å². The van der Waals surface area contributed by atoms with Crippen molar-refractivity contribution in [2.75, 3.05) is 11.7 Å². The Morgan fingerprint density at radius 1 is 1.24 bits per heavy atom. The van der Waals surface area contributed by atoms with Gasteiger partial charge in [-0.15, -0.1) is 0 Å². The van der Waals surface area contributed by atoms with Crippen LogP contribution < -0.4 is 10.6 Å². The number of anilines is 1. The summed E-state index contributed by atoms with van der Waals surface area (Å²) in [6, 6.07) is 10.2. The summed E-state index contributed by atoms with van der Waals surface area (Å²) in [7, 11) is 0. The third-order valence-corrected chi connectivity index (χ3v) is 6.85. The summed E-state index contributed by atoms with van der Waals surface area (Å²) in [5, 5.41) is 19.9. The molecule has 1 aliphatic carbocycles.